The molecule has 0 amide bonds. The molecule has 2 aromatic heterocycles. The standard InChI is InChI=1S/C13H14ClN3S/c14-9-5-11(18-7-9)13-16-10(6-12(15)17-13)8-3-1-2-4-8/h5-8H,1-4H2,(H2,15,16,17). The zero-order valence-electron chi connectivity index (χ0n) is 9.90. The van der Waals surface area contributed by atoms with Crippen LogP contribution in [-0.2, 0) is 0 Å². The quantitative estimate of drug-likeness (QED) is 0.900. The van der Waals surface area contributed by atoms with Crippen molar-refractivity contribution in [3.63, 3.8) is 0 Å². The highest BCUT2D eigenvalue weighted by atomic mass is 35.5. The predicted molar refractivity (Wildman–Crippen MR) is 76.0 cm³/mol. The smallest absolute Gasteiger partial charge is 0.171 e. The lowest BCUT2D eigenvalue weighted by Gasteiger charge is -2.10. The van der Waals surface area contributed by atoms with Crippen molar-refractivity contribution in [2.75, 3.05) is 5.73 Å². The monoisotopic (exact) mass is 279 g/mol. The van der Waals surface area contributed by atoms with Crippen LogP contribution >= 0.6 is 22.9 Å². The maximum absolute atomic E-state index is 5.94. The first-order chi connectivity index (χ1) is 8.72. The fourth-order valence-corrected chi connectivity index (χ4v) is 3.46. The predicted octanol–water partition coefficient (Wildman–Crippen LogP) is 4.10. The molecule has 0 radical (unpaired) electrons. The van der Waals surface area contributed by atoms with E-state index in [2.05, 4.69) is 9.97 Å². The van der Waals surface area contributed by atoms with Gasteiger partial charge >= 0.3 is 0 Å². The van der Waals surface area contributed by atoms with Crippen molar-refractivity contribution in [3.8, 4) is 10.7 Å². The first-order valence-corrected chi connectivity index (χ1v) is 7.37. The second-order valence-electron chi connectivity index (χ2n) is 4.65. The van der Waals surface area contributed by atoms with Gasteiger partial charge in [0.15, 0.2) is 5.82 Å². The summed E-state index contributed by atoms with van der Waals surface area (Å²) < 4.78 is 0. The largest absolute Gasteiger partial charge is 0.384 e. The van der Waals surface area contributed by atoms with Crippen LogP contribution in [0.4, 0.5) is 5.82 Å². The van der Waals surface area contributed by atoms with Crippen molar-refractivity contribution >= 4 is 28.8 Å². The van der Waals surface area contributed by atoms with Crippen LogP contribution in [0.15, 0.2) is 17.5 Å². The summed E-state index contributed by atoms with van der Waals surface area (Å²) in [6.07, 6.45) is 4.99. The molecular formula is C13H14ClN3S. The molecule has 0 aliphatic heterocycles. The van der Waals surface area contributed by atoms with E-state index in [1.807, 2.05) is 17.5 Å². The third-order valence-corrected chi connectivity index (χ3v) is 4.60. The molecule has 2 aromatic rings. The number of anilines is 1. The Balaban J connectivity index is 1.99. The molecule has 1 saturated carbocycles. The first-order valence-electron chi connectivity index (χ1n) is 6.11. The first kappa shape index (κ1) is 11.9. The van der Waals surface area contributed by atoms with E-state index < -0.39 is 0 Å². The molecule has 0 spiro atoms. The number of thiophene rings is 1. The maximum atomic E-state index is 5.94. The second-order valence-corrected chi connectivity index (χ2v) is 6.00. The summed E-state index contributed by atoms with van der Waals surface area (Å²) in [5.74, 6) is 1.80. The van der Waals surface area contributed by atoms with Crippen LogP contribution in [0.5, 0.6) is 0 Å². The minimum atomic E-state index is 0.546. The van der Waals surface area contributed by atoms with Gasteiger partial charge in [-0.3, -0.25) is 0 Å². The molecule has 0 saturated heterocycles. The summed E-state index contributed by atoms with van der Waals surface area (Å²) in [5, 5.41) is 2.61. The summed E-state index contributed by atoms with van der Waals surface area (Å²) >= 11 is 7.49. The average Bonchev–Trinajstić information content (AvgIpc) is 2.98. The van der Waals surface area contributed by atoms with Crippen LogP contribution in [0.2, 0.25) is 5.02 Å². The zero-order valence-corrected chi connectivity index (χ0v) is 11.5. The van der Waals surface area contributed by atoms with Crippen molar-refractivity contribution in [2.45, 2.75) is 31.6 Å². The minimum absolute atomic E-state index is 0.546. The SMILES string of the molecule is Nc1cc(C2CCCC2)nc(-c2cc(Cl)cs2)n1. The molecule has 0 unspecified atom stereocenters. The second kappa shape index (κ2) is 4.86. The molecule has 3 nitrogen and oxygen atoms in total. The van der Waals surface area contributed by atoms with E-state index in [0.717, 1.165) is 15.6 Å². The summed E-state index contributed by atoms with van der Waals surface area (Å²) in [4.78, 5) is 9.95. The number of nitrogens with two attached hydrogens (primary N) is 1. The number of hydrogen-bond acceptors (Lipinski definition) is 4. The van der Waals surface area contributed by atoms with Crippen molar-refractivity contribution in [1.82, 2.24) is 9.97 Å². The Morgan fingerprint density at radius 1 is 1.22 bits per heavy atom. The zero-order chi connectivity index (χ0) is 12.5. The fraction of sp³-hybridized carbons (Fsp3) is 0.385. The van der Waals surface area contributed by atoms with E-state index in [4.69, 9.17) is 17.3 Å². The van der Waals surface area contributed by atoms with Crippen molar-refractivity contribution in [3.05, 3.63) is 28.2 Å². The topological polar surface area (TPSA) is 51.8 Å². The van der Waals surface area contributed by atoms with Gasteiger partial charge in [-0.25, -0.2) is 9.97 Å². The Morgan fingerprint density at radius 3 is 2.67 bits per heavy atom. The van der Waals surface area contributed by atoms with Gasteiger partial charge in [0.05, 0.1) is 9.90 Å². The normalized spacial score (nSPS) is 16.3. The van der Waals surface area contributed by atoms with Crippen LogP contribution in [0.25, 0.3) is 10.7 Å². The van der Waals surface area contributed by atoms with E-state index in [-0.39, 0.29) is 0 Å². The molecular weight excluding hydrogens is 266 g/mol. The molecule has 18 heavy (non-hydrogen) atoms. The summed E-state index contributed by atoms with van der Waals surface area (Å²) in [6.45, 7) is 0. The molecule has 2 heterocycles. The Labute approximate surface area is 115 Å². The number of hydrogen-bond donors (Lipinski definition) is 1. The minimum Gasteiger partial charge on any atom is -0.384 e. The summed E-state index contributed by atoms with van der Waals surface area (Å²) in [7, 11) is 0. The number of halogens is 1. The van der Waals surface area contributed by atoms with Gasteiger partial charge in [-0.15, -0.1) is 11.3 Å². The van der Waals surface area contributed by atoms with Gasteiger partial charge in [0.25, 0.3) is 0 Å². The van der Waals surface area contributed by atoms with Gasteiger partial charge in [0.2, 0.25) is 0 Å². The average molecular weight is 280 g/mol. The molecule has 0 aromatic carbocycles. The van der Waals surface area contributed by atoms with Crippen LogP contribution in [0.3, 0.4) is 0 Å². The Hall–Kier alpha value is -1.13. The van der Waals surface area contributed by atoms with Crippen molar-refractivity contribution in [2.24, 2.45) is 0 Å². The van der Waals surface area contributed by atoms with Gasteiger partial charge in [-0.1, -0.05) is 24.4 Å². The van der Waals surface area contributed by atoms with Gasteiger partial charge in [0.1, 0.15) is 5.82 Å². The van der Waals surface area contributed by atoms with E-state index in [1.54, 1.807) is 11.3 Å². The van der Waals surface area contributed by atoms with Crippen LogP contribution in [0, 0.1) is 0 Å². The van der Waals surface area contributed by atoms with Crippen LogP contribution in [-0.4, -0.2) is 9.97 Å². The lowest BCUT2D eigenvalue weighted by molar-refractivity contribution is 0.696. The molecule has 3 rings (SSSR count). The third-order valence-electron chi connectivity index (χ3n) is 3.33. The molecule has 1 fully saturated rings. The van der Waals surface area contributed by atoms with E-state index in [9.17, 15) is 0 Å². The van der Waals surface area contributed by atoms with Crippen LogP contribution < -0.4 is 5.73 Å². The summed E-state index contributed by atoms with van der Waals surface area (Å²) in [6, 6.07) is 3.80. The molecule has 5 heteroatoms. The number of rotatable bonds is 2. The van der Waals surface area contributed by atoms with Gasteiger partial charge in [-0.05, 0) is 18.9 Å². The van der Waals surface area contributed by atoms with E-state index in [0.29, 0.717) is 17.6 Å². The molecule has 1 aliphatic carbocycles. The number of nitrogen functional groups attached to an aromatic ring is 1. The van der Waals surface area contributed by atoms with E-state index >= 15 is 0 Å². The Kier molecular flexibility index (Phi) is 3.22. The van der Waals surface area contributed by atoms with Crippen molar-refractivity contribution < 1.29 is 0 Å². The maximum Gasteiger partial charge on any atom is 0.171 e. The highest BCUT2D eigenvalue weighted by Gasteiger charge is 2.20. The molecule has 2 N–H and O–H groups in total. The van der Waals surface area contributed by atoms with Gasteiger partial charge in [0, 0.05) is 23.1 Å². The molecule has 0 atom stereocenters. The lowest BCUT2D eigenvalue weighted by atomic mass is 10.0. The molecule has 0 bridgehead atoms. The summed E-state index contributed by atoms with van der Waals surface area (Å²) in [5.41, 5.74) is 6.97. The number of aromatic nitrogens is 2. The highest BCUT2D eigenvalue weighted by Crippen LogP contribution is 2.35. The third kappa shape index (κ3) is 2.35. The molecule has 94 valence electrons. The van der Waals surface area contributed by atoms with Crippen LogP contribution in [0.1, 0.15) is 37.3 Å². The number of nitrogens with zero attached hydrogens (tertiary/aromatic N) is 2. The van der Waals surface area contributed by atoms with Gasteiger partial charge < -0.3 is 5.73 Å². The van der Waals surface area contributed by atoms with Crippen molar-refractivity contribution in [1.29, 1.82) is 0 Å². The van der Waals surface area contributed by atoms with E-state index in [1.165, 1.54) is 25.7 Å². The highest BCUT2D eigenvalue weighted by molar-refractivity contribution is 7.14. The van der Waals surface area contributed by atoms with Gasteiger partial charge in [-0.2, -0.15) is 0 Å². The molecule has 1 aliphatic rings. The Morgan fingerprint density at radius 2 is 2.00 bits per heavy atom. The lowest BCUT2D eigenvalue weighted by Crippen LogP contribution is -2.02. The Bertz CT molecular complexity index is 561. The fourth-order valence-electron chi connectivity index (χ4n) is 2.46.